The fourth-order valence-corrected chi connectivity index (χ4v) is 3.58. The first-order chi connectivity index (χ1) is 14.1. The Morgan fingerprint density at radius 3 is 2.50 bits per heavy atom. The first-order valence-corrected chi connectivity index (χ1v) is 9.70. The van der Waals surface area contributed by atoms with Gasteiger partial charge >= 0.3 is 5.92 Å². The summed E-state index contributed by atoms with van der Waals surface area (Å²) >= 11 is 6.11. The van der Waals surface area contributed by atoms with E-state index in [1.165, 1.54) is 37.3 Å². The normalized spacial score (nSPS) is 15.2. The van der Waals surface area contributed by atoms with Crippen LogP contribution in [-0.4, -0.2) is 41.0 Å². The highest BCUT2D eigenvalue weighted by Crippen LogP contribution is 2.37. The van der Waals surface area contributed by atoms with Crippen molar-refractivity contribution < 1.29 is 27.9 Å². The van der Waals surface area contributed by atoms with Crippen molar-refractivity contribution in [1.82, 2.24) is 4.90 Å². The molecular weight excluding hydrogens is 421 g/mol. The number of aliphatic hydroxyl groups is 1. The molecule has 3 rings (SSSR count). The average Bonchev–Trinajstić information content (AvgIpc) is 2.70. The number of hydrogen-bond donors (Lipinski definition) is 2. The van der Waals surface area contributed by atoms with Gasteiger partial charge < -0.3 is 15.3 Å². The summed E-state index contributed by atoms with van der Waals surface area (Å²) in [6.07, 6.45) is -0.183. The van der Waals surface area contributed by atoms with Crippen LogP contribution in [-0.2, 0) is 10.7 Å². The number of piperidine rings is 1. The van der Waals surface area contributed by atoms with Crippen LogP contribution in [0.1, 0.15) is 34.3 Å². The highest BCUT2D eigenvalue weighted by atomic mass is 35.5. The van der Waals surface area contributed by atoms with E-state index in [0.29, 0.717) is 5.56 Å². The van der Waals surface area contributed by atoms with Gasteiger partial charge in [-0.3, -0.25) is 9.59 Å². The number of carbonyl (C=O) groups is 2. The lowest BCUT2D eigenvalue weighted by molar-refractivity contribution is -0.161. The van der Waals surface area contributed by atoms with E-state index in [1.807, 2.05) is 0 Å². The zero-order valence-electron chi connectivity index (χ0n) is 16.1. The number of aryl methyl sites for hydroxylation is 1. The Balaban J connectivity index is 1.85. The highest BCUT2D eigenvalue weighted by Gasteiger charge is 2.46. The van der Waals surface area contributed by atoms with Gasteiger partial charge in [0.1, 0.15) is 5.82 Å². The van der Waals surface area contributed by atoms with Crippen LogP contribution in [0, 0.1) is 12.7 Å². The number of likely N-dealkylation sites (tertiary alicyclic amines) is 1. The Morgan fingerprint density at radius 1 is 1.20 bits per heavy atom. The quantitative estimate of drug-likeness (QED) is 0.751. The van der Waals surface area contributed by atoms with Crippen molar-refractivity contribution in [3.8, 4) is 0 Å². The first kappa shape index (κ1) is 22.1. The molecular formula is C21H20ClF3N2O3. The molecule has 0 radical (unpaired) electrons. The molecule has 1 aliphatic rings. The molecule has 0 unspecified atom stereocenters. The number of rotatable bonds is 4. The highest BCUT2D eigenvalue weighted by molar-refractivity contribution is 6.35. The Morgan fingerprint density at radius 2 is 1.87 bits per heavy atom. The summed E-state index contributed by atoms with van der Waals surface area (Å²) in [7, 11) is 0. The number of amides is 2. The maximum Gasteiger partial charge on any atom is 0.351 e. The summed E-state index contributed by atoms with van der Waals surface area (Å²) in [6, 6.07) is 7.38. The molecule has 0 spiro atoms. The Kier molecular flexibility index (Phi) is 6.38. The van der Waals surface area contributed by atoms with Crippen molar-refractivity contribution in [2.45, 2.75) is 31.8 Å². The van der Waals surface area contributed by atoms with Gasteiger partial charge in [-0.2, -0.15) is 8.78 Å². The molecule has 2 aromatic rings. The molecule has 0 bridgehead atoms. The topological polar surface area (TPSA) is 69.6 Å². The van der Waals surface area contributed by atoms with Gasteiger partial charge in [-0.25, -0.2) is 4.39 Å². The molecule has 30 heavy (non-hydrogen) atoms. The van der Waals surface area contributed by atoms with E-state index < -0.39 is 40.2 Å². The van der Waals surface area contributed by atoms with Gasteiger partial charge in [0.25, 0.3) is 11.8 Å². The summed E-state index contributed by atoms with van der Waals surface area (Å²) in [5.41, 5.74) is -0.438. The largest absolute Gasteiger partial charge is 0.393 e. The summed E-state index contributed by atoms with van der Waals surface area (Å²) < 4.78 is 43.3. The van der Waals surface area contributed by atoms with Crippen LogP contribution in [0.2, 0.25) is 5.02 Å². The number of halogens is 4. The van der Waals surface area contributed by atoms with E-state index >= 15 is 0 Å². The summed E-state index contributed by atoms with van der Waals surface area (Å²) in [6.45, 7) is 1.54. The van der Waals surface area contributed by atoms with Gasteiger partial charge in [0.2, 0.25) is 0 Å². The molecule has 5 nitrogen and oxygen atoms in total. The van der Waals surface area contributed by atoms with Gasteiger partial charge in [0.15, 0.2) is 0 Å². The molecule has 1 aliphatic heterocycles. The van der Waals surface area contributed by atoms with Crippen LogP contribution in [0.3, 0.4) is 0 Å². The van der Waals surface area contributed by atoms with Gasteiger partial charge in [0.05, 0.1) is 22.3 Å². The number of anilines is 1. The van der Waals surface area contributed by atoms with Crippen molar-refractivity contribution in [1.29, 1.82) is 0 Å². The fourth-order valence-electron chi connectivity index (χ4n) is 3.25. The zero-order chi connectivity index (χ0) is 22.1. The minimum Gasteiger partial charge on any atom is -0.393 e. The molecule has 9 heteroatoms. The lowest BCUT2D eigenvalue weighted by Gasteiger charge is -2.32. The van der Waals surface area contributed by atoms with Crippen molar-refractivity contribution in [3.05, 3.63) is 63.9 Å². The van der Waals surface area contributed by atoms with E-state index in [9.17, 15) is 27.9 Å². The van der Waals surface area contributed by atoms with Crippen LogP contribution in [0.5, 0.6) is 0 Å². The fraction of sp³-hybridized carbons (Fsp3) is 0.333. The molecule has 1 heterocycles. The number of hydrogen-bond acceptors (Lipinski definition) is 3. The molecule has 0 atom stereocenters. The van der Waals surface area contributed by atoms with Gasteiger partial charge in [-0.15, -0.1) is 0 Å². The lowest BCUT2D eigenvalue weighted by Crippen LogP contribution is -2.47. The molecule has 2 N–H and O–H groups in total. The van der Waals surface area contributed by atoms with E-state index in [2.05, 4.69) is 5.32 Å². The van der Waals surface area contributed by atoms with Crippen molar-refractivity contribution >= 4 is 29.1 Å². The third-order valence-corrected chi connectivity index (χ3v) is 5.42. The first-order valence-electron chi connectivity index (χ1n) is 9.33. The van der Waals surface area contributed by atoms with Crippen LogP contribution in [0.15, 0.2) is 36.4 Å². The summed E-state index contributed by atoms with van der Waals surface area (Å²) in [5, 5.41) is 11.5. The number of nitrogens with one attached hydrogen (secondary N) is 1. The maximum absolute atomic E-state index is 14.9. The second-order valence-electron chi connectivity index (χ2n) is 7.18. The average molecular weight is 441 g/mol. The molecule has 160 valence electrons. The van der Waals surface area contributed by atoms with Gasteiger partial charge in [-0.05, 0) is 49.6 Å². The van der Waals surface area contributed by atoms with Crippen LogP contribution in [0.25, 0.3) is 0 Å². The van der Waals surface area contributed by atoms with Gasteiger partial charge in [-0.1, -0.05) is 23.7 Å². The number of benzene rings is 2. The maximum atomic E-state index is 14.9. The van der Waals surface area contributed by atoms with Crippen molar-refractivity contribution in [2.75, 3.05) is 18.4 Å². The third-order valence-electron chi connectivity index (χ3n) is 5.02. The SMILES string of the molecule is Cc1cc(NC(=O)c2cccc(C(F)(F)C(=O)N3CCC(O)CC3)c2Cl)ccc1F. The minimum atomic E-state index is -3.94. The monoisotopic (exact) mass is 440 g/mol. The molecule has 0 aromatic heterocycles. The molecule has 2 aromatic carbocycles. The summed E-state index contributed by atoms with van der Waals surface area (Å²) in [5.74, 6) is -6.58. The molecule has 2 amide bonds. The predicted octanol–water partition coefficient (Wildman–Crippen LogP) is 4.11. The molecule has 1 saturated heterocycles. The van der Waals surface area contributed by atoms with Crippen LogP contribution in [0.4, 0.5) is 18.9 Å². The van der Waals surface area contributed by atoms with E-state index in [4.69, 9.17) is 11.6 Å². The van der Waals surface area contributed by atoms with Gasteiger partial charge in [0, 0.05) is 18.8 Å². The lowest BCUT2D eigenvalue weighted by atomic mass is 10.0. The predicted molar refractivity (Wildman–Crippen MR) is 106 cm³/mol. The minimum absolute atomic E-state index is 0.0112. The second-order valence-corrected chi connectivity index (χ2v) is 7.56. The number of carbonyl (C=O) groups excluding carboxylic acids is 2. The standard InChI is InChI=1S/C21H20ClF3N2O3/c1-12-11-13(5-6-17(12)23)26-19(29)15-3-2-4-16(18(15)22)21(24,25)20(30)27-9-7-14(28)8-10-27/h2-6,11,14,28H,7-10H2,1H3,(H,26,29). The van der Waals surface area contributed by atoms with Crippen LogP contribution < -0.4 is 5.32 Å². The third kappa shape index (κ3) is 4.44. The second kappa shape index (κ2) is 8.65. The zero-order valence-corrected chi connectivity index (χ0v) is 16.8. The smallest absolute Gasteiger partial charge is 0.351 e. The van der Waals surface area contributed by atoms with Crippen molar-refractivity contribution in [3.63, 3.8) is 0 Å². The van der Waals surface area contributed by atoms with E-state index in [1.54, 1.807) is 0 Å². The Labute approximate surface area is 176 Å². The van der Waals surface area contributed by atoms with E-state index in [-0.39, 0.29) is 37.2 Å². The Hall–Kier alpha value is -2.58. The summed E-state index contributed by atoms with van der Waals surface area (Å²) in [4.78, 5) is 26.0. The Bertz CT molecular complexity index is 976. The van der Waals surface area contributed by atoms with Crippen LogP contribution >= 0.6 is 11.6 Å². The number of nitrogens with zero attached hydrogens (tertiary/aromatic N) is 1. The molecule has 0 saturated carbocycles. The number of aliphatic hydroxyl groups excluding tert-OH is 1. The van der Waals surface area contributed by atoms with Crippen molar-refractivity contribution in [2.24, 2.45) is 0 Å². The molecule has 0 aliphatic carbocycles. The number of alkyl halides is 2. The molecule has 1 fully saturated rings. The van der Waals surface area contributed by atoms with E-state index in [0.717, 1.165) is 11.0 Å².